The Bertz CT molecular complexity index is 381. The molecule has 0 saturated carbocycles. The number of halogens is 12. The Morgan fingerprint density at radius 1 is 0.632 bits per heavy atom. The van der Waals surface area contributed by atoms with Crippen LogP contribution in [-0.4, -0.2) is 35.9 Å². The summed E-state index contributed by atoms with van der Waals surface area (Å²) in [4.78, 5) is 0. The summed E-state index contributed by atoms with van der Waals surface area (Å²) >= 11 is 0. The van der Waals surface area contributed by atoms with Gasteiger partial charge in [-0.3, -0.25) is 4.74 Å². The molecule has 0 spiro atoms. The van der Waals surface area contributed by atoms with Gasteiger partial charge < -0.3 is 0 Å². The van der Waals surface area contributed by atoms with Crippen LogP contribution in [0.25, 0.3) is 0 Å². The average molecular weight is 316 g/mol. The molecule has 0 radical (unpaired) electrons. The maximum absolute atomic E-state index is 12.8. The van der Waals surface area contributed by atoms with Gasteiger partial charge in [-0.15, -0.1) is 0 Å². The predicted molar refractivity (Wildman–Crippen MR) is 30.8 cm³/mol. The summed E-state index contributed by atoms with van der Waals surface area (Å²) in [5, 5.41) is 0. The van der Waals surface area contributed by atoms with Crippen molar-refractivity contribution in [3.63, 3.8) is 0 Å². The number of hydrogen-bond acceptors (Lipinski definition) is 1. The maximum Gasteiger partial charge on any atom is 0.460 e. The summed E-state index contributed by atoms with van der Waals surface area (Å²) in [6, 6.07) is 0. The lowest BCUT2D eigenvalue weighted by Crippen LogP contribution is -2.60. The van der Waals surface area contributed by atoms with Crippen LogP contribution in [0.4, 0.5) is 52.7 Å². The van der Waals surface area contributed by atoms with Crippen molar-refractivity contribution in [2.75, 3.05) is 0 Å². The molecule has 1 rings (SSSR count). The number of ether oxygens (including phenoxy) is 1. The van der Waals surface area contributed by atoms with Crippen LogP contribution in [-0.2, 0) is 4.74 Å². The summed E-state index contributed by atoms with van der Waals surface area (Å²) in [6.45, 7) is 0. The van der Waals surface area contributed by atoms with E-state index < -0.39 is 35.9 Å². The second-order valence-corrected chi connectivity index (χ2v) is 3.44. The first-order valence-corrected chi connectivity index (χ1v) is 3.93. The predicted octanol–water partition coefficient (Wildman–Crippen LogP) is 3.74. The Labute approximate surface area is 94.7 Å². The lowest BCUT2D eigenvalue weighted by molar-refractivity contribution is -0.381. The molecule has 0 aromatic carbocycles. The Morgan fingerprint density at radius 3 is 1.21 bits per heavy atom. The van der Waals surface area contributed by atoms with Gasteiger partial charge in [-0.05, 0) is 0 Å². The zero-order valence-electron chi connectivity index (χ0n) is 7.94. The molecule has 2 unspecified atom stereocenters. The van der Waals surface area contributed by atoms with E-state index in [1.54, 1.807) is 0 Å². The van der Waals surface area contributed by atoms with E-state index in [2.05, 4.69) is 4.74 Å². The molecule has 1 aliphatic rings. The molecule has 19 heavy (non-hydrogen) atoms. The van der Waals surface area contributed by atoms with Crippen molar-refractivity contribution in [2.24, 2.45) is 0 Å². The summed E-state index contributed by atoms with van der Waals surface area (Å²) in [5.74, 6) is -26.5. The molecule has 1 heterocycles. The first kappa shape index (κ1) is 16.2. The Hall–Kier alpha value is -0.880. The third-order valence-electron chi connectivity index (χ3n) is 2.17. The van der Waals surface area contributed by atoms with Crippen molar-refractivity contribution in [3.05, 3.63) is 0 Å². The van der Waals surface area contributed by atoms with E-state index >= 15 is 0 Å². The highest BCUT2D eigenvalue weighted by Crippen LogP contribution is 2.69. The van der Waals surface area contributed by atoms with Crippen LogP contribution in [0, 0.1) is 0 Å². The first-order chi connectivity index (χ1) is 7.96. The summed E-state index contributed by atoms with van der Waals surface area (Å²) in [7, 11) is 0. The summed E-state index contributed by atoms with van der Waals surface area (Å²) < 4.78 is 147. The molecule has 1 nitrogen and oxygen atoms in total. The number of epoxide rings is 1. The average Bonchev–Trinajstić information content (AvgIpc) is 2.69. The van der Waals surface area contributed by atoms with E-state index in [4.69, 9.17) is 0 Å². The Morgan fingerprint density at radius 2 is 1.00 bits per heavy atom. The van der Waals surface area contributed by atoms with Crippen LogP contribution in [0.1, 0.15) is 0 Å². The fourth-order valence-electron chi connectivity index (χ4n) is 1.05. The van der Waals surface area contributed by atoms with Crippen molar-refractivity contribution in [1.82, 2.24) is 0 Å². The largest absolute Gasteiger partial charge is 0.460 e. The first-order valence-electron chi connectivity index (χ1n) is 3.93. The highest BCUT2D eigenvalue weighted by Gasteiger charge is 3.01. The van der Waals surface area contributed by atoms with E-state index in [1.165, 1.54) is 0 Å². The SMILES string of the molecule is FC(F)(F)C(F)(F)C(F)(F)C1(F)OC1(F)C(F)(F)F. The van der Waals surface area contributed by atoms with Gasteiger partial charge in [-0.1, -0.05) is 0 Å². The van der Waals surface area contributed by atoms with Gasteiger partial charge in [0.2, 0.25) is 0 Å². The second kappa shape index (κ2) is 3.41. The van der Waals surface area contributed by atoms with Gasteiger partial charge in [0.05, 0.1) is 0 Å². The maximum atomic E-state index is 12.8. The Balaban J connectivity index is 3.26. The minimum absolute atomic E-state index is 2.21. The highest BCUT2D eigenvalue weighted by atomic mass is 19.4. The summed E-state index contributed by atoms with van der Waals surface area (Å²) in [6.07, 6.45) is -13.7. The fraction of sp³-hybridized carbons (Fsp3) is 1.00. The molecular formula is C6F12O. The molecule has 0 aromatic rings. The number of hydrogen-bond donors (Lipinski definition) is 0. The standard InChI is InChI=1S/C6F12O/c7-1(8,2(9,10)5(13,14)15)3(11)4(12,19-3)6(16,17)18. The van der Waals surface area contributed by atoms with Crippen molar-refractivity contribution in [2.45, 2.75) is 35.9 Å². The summed E-state index contributed by atoms with van der Waals surface area (Å²) in [5.41, 5.74) is 0. The van der Waals surface area contributed by atoms with E-state index in [-0.39, 0.29) is 0 Å². The molecule has 2 atom stereocenters. The van der Waals surface area contributed by atoms with Crippen LogP contribution in [0.15, 0.2) is 0 Å². The molecule has 0 bridgehead atoms. The van der Waals surface area contributed by atoms with Crippen molar-refractivity contribution >= 4 is 0 Å². The van der Waals surface area contributed by atoms with Crippen LogP contribution < -0.4 is 0 Å². The highest BCUT2D eigenvalue weighted by molar-refractivity contribution is 5.18. The lowest BCUT2D eigenvalue weighted by atomic mass is 10.0. The normalized spacial score (nSPS) is 33.5. The molecule has 0 aromatic heterocycles. The zero-order chi connectivity index (χ0) is 15.7. The monoisotopic (exact) mass is 316 g/mol. The van der Waals surface area contributed by atoms with Crippen molar-refractivity contribution < 1.29 is 57.4 Å². The molecule has 1 saturated heterocycles. The Kier molecular flexibility index (Phi) is 2.90. The minimum atomic E-state index is -7.27. The third-order valence-corrected chi connectivity index (χ3v) is 2.17. The fourth-order valence-corrected chi connectivity index (χ4v) is 1.05. The van der Waals surface area contributed by atoms with Crippen LogP contribution >= 0.6 is 0 Å². The van der Waals surface area contributed by atoms with Crippen molar-refractivity contribution in [3.8, 4) is 0 Å². The van der Waals surface area contributed by atoms with Gasteiger partial charge in [0.25, 0.3) is 0 Å². The molecule has 1 fully saturated rings. The second-order valence-electron chi connectivity index (χ2n) is 3.44. The smallest absolute Gasteiger partial charge is 0.286 e. The van der Waals surface area contributed by atoms with E-state index in [0.717, 1.165) is 0 Å². The van der Waals surface area contributed by atoms with Crippen LogP contribution in [0.2, 0.25) is 0 Å². The molecule has 114 valence electrons. The number of rotatable bonds is 2. The lowest BCUT2D eigenvalue weighted by Gasteiger charge is -2.29. The van der Waals surface area contributed by atoms with Gasteiger partial charge in [0.1, 0.15) is 0 Å². The van der Waals surface area contributed by atoms with Gasteiger partial charge in [0.15, 0.2) is 0 Å². The van der Waals surface area contributed by atoms with E-state index in [0.29, 0.717) is 0 Å². The molecule has 13 heteroatoms. The quantitative estimate of drug-likeness (QED) is 0.558. The topological polar surface area (TPSA) is 12.5 Å². The molecular weight excluding hydrogens is 316 g/mol. The third kappa shape index (κ3) is 1.69. The van der Waals surface area contributed by atoms with E-state index in [1.807, 2.05) is 0 Å². The zero-order valence-corrected chi connectivity index (χ0v) is 7.94. The van der Waals surface area contributed by atoms with E-state index in [9.17, 15) is 52.7 Å². The molecule has 0 aliphatic carbocycles. The molecule has 0 amide bonds. The minimum Gasteiger partial charge on any atom is -0.286 e. The van der Waals surface area contributed by atoms with Gasteiger partial charge in [-0.2, -0.15) is 52.7 Å². The molecule has 0 N–H and O–H groups in total. The van der Waals surface area contributed by atoms with Gasteiger partial charge >= 0.3 is 35.9 Å². The van der Waals surface area contributed by atoms with Gasteiger partial charge in [0, 0.05) is 0 Å². The van der Waals surface area contributed by atoms with Gasteiger partial charge in [-0.25, -0.2) is 0 Å². The molecule has 1 aliphatic heterocycles. The number of alkyl halides is 12. The van der Waals surface area contributed by atoms with Crippen LogP contribution in [0.3, 0.4) is 0 Å². The van der Waals surface area contributed by atoms with Crippen molar-refractivity contribution in [1.29, 1.82) is 0 Å². The van der Waals surface area contributed by atoms with Crippen LogP contribution in [0.5, 0.6) is 0 Å².